The molecule has 1 aromatic rings. The molecular weight excluding hydrogens is 228 g/mol. The molecule has 4 nitrogen and oxygen atoms in total. The zero-order valence-electron chi connectivity index (χ0n) is 11.4. The minimum absolute atomic E-state index is 0.0168. The number of carbonyl (C=O) groups excluding carboxylic acids is 1. The van der Waals surface area contributed by atoms with E-state index < -0.39 is 0 Å². The lowest BCUT2D eigenvalue weighted by Gasteiger charge is -2.11. The number of nitrogens with one attached hydrogen (secondary N) is 2. The molecule has 0 heterocycles. The van der Waals surface area contributed by atoms with Crippen LogP contribution in [0.3, 0.4) is 0 Å². The van der Waals surface area contributed by atoms with Crippen molar-refractivity contribution in [1.29, 1.82) is 0 Å². The molecule has 0 aliphatic rings. The Kier molecular flexibility index (Phi) is 6.22. The minimum atomic E-state index is 0.0168. The molecule has 18 heavy (non-hydrogen) atoms. The molecule has 0 aliphatic heterocycles. The van der Waals surface area contributed by atoms with E-state index >= 15 is 0 Å². The molecule has 0 unspecified atom stereocenters. The molecule has 100 valence electrons. The van der Waals surface area contributed by atoms with E-state index in [9.17, 15) is 4.79 Å². The number of ether oxygens (including phenoxy) is 1. The second kappa shape index (κ2) is 7.71. The number of methoxy groups -OCH3 is 1. The maximum absolute atomic E-state index is 11.3. The summed E-state index contributed by atoms with van der Waals surface area (Å²) >= 11 is 0. The van der Waals surface area contributed by atoms with E-state index in [0.717, 1.165) is 24.2 Å². The molecule has 0 atom stereocenters. The van der Waals surface area contributed by atoms with Crippen LogP contribution in [0.4, 0.5) is 0 Å². The summed E-state index contributed by atoms with van der Waals surface area (Å²) in [5.74, 6) is 0.901. The highest BCUT2D eigenvalue weighted by molar-refractivity contribution is 5.77. The van der Waals surface area contributed by atoms with Crippen molar-refractivity contribution in [2.24, 2.45) is 0 Å². The third kappa shape index (κ3) is 4.37. The number of likely N-dealkylation sites (N-methyl/N-ethyl adjacent to an activating group) is 1. The summed E-state index contributed by atoms with van der Waals surface area (Å²) in [4.78, 5) is 11.3. The molecular formula is C14H22N2O2. The molecule has 0 saturated carbocycles. The Morgan fingerprint density at radius 1 is 1.39 bits per heavy atom. The van der Waals surface area contributed by atoms with Crippen molar-refractivity contribution in [3.8, 4) is 5.75 Å². The van der Waals surface area contributed by atoms with Crippen molar-refractivity contribution >= 4 is 5.91 Å². The summed E-state index contributed by atoms with van der Waals surface area (Å²) < 4.78 is 5.32. The van der Waals surface area contributed by atoms with Gasteiger partial charge in [0.15, 0.2) is 0 Å². The fourth-order valence-corrected chi connectivity index (χ4v) is 1.81. The van der Waals surface area contributed by atoms with Crippen molar-refractivity contribution in [2.45, 2.75) is 19.8 Å². The molecule has 1 rings (SSSR count). The van der Waals surface area contributed by atoms with Gasteiger partial charge in [0.1, 0.15) is 5.75 Å². The third-order valence-electron chi connectivity index (χ3n) is 2.81. The van der Waals surface area contributed by atoms with Gasteiger partial charge in [-0.2, -0.15) is 0 Å². The van der Waals surface area contributed by atoms with Gasteiger partial charge < -0.3 is 15.4 Å². The summed E-state index contributed by atoms with van der Waals surface area (Å²) in [5, 5.41) is 5.68. The van der Waals surface area contributed by atoms with Crippen LogP contribution in [0.5, 0.6) is 5.75 Å². The number of rotatable bonds is 7. The van der Waals surface area contributed by atoms with Gasteiger partial charge in [-0.25, -0.2) is 0 Å². The van der Waals surface area contributed by atoms with Gasteiger partial charge in [0.2, 0.25) is 5.91 Å². The third-order valence-corrected chi connectivity index (χ3v) is 2.81. The first-order valence-electron chi connectivity index (χ1n) is 6.28. The van der Waals surface area contributed by atoms with Gasteiger partial charge in [0.25, 0.3) is 0 Å². The fourth-order valence-electron chi connectivity index (χ4n) is 1.81. The van der Waals surface area contributed by atoms with Crippen LogP contribution in [0.1, 0.15) is 18.1 Å². The second-order valence-electron chi connectivity index (χ2n) is 4.13. The van der Waals surface area contributed by atoms with Crippen molar-refractivity contribution in [2.75, 3.05) is 27.2 Å². The van der Waals surface area contributed by atoms with E-state index in [1.807, 2.05) is 6.07 Å². The number of aryl methyl sites for hydroxylation is 1. The van der Waals surface area contributed by atoms with Gasteiger partial charge in [-0.3, -0.25) is 4.79 Å². The van der Waals surface area contributed by atoms with Gasteiger partial charge in [0.05, 0.1) is 13.7 Å². The number of benzene rings is 1. The van der Waals surface area contributed by atoms with Gasteiger partial charge in [-0.05, 0) is 37.1 Å². The largest absolute Gasteiger partial charge is 0.496 e. The average molecular weight is 250 g/mol. The van der Waals surface area contributed by atoms with Crippen LogP contribution in [0.2, 0.25) is 0 Å². The molecule has 0 fully saturated rings. The quantitative estimate of drug-likeness (QED) is 0.763. The molecule has 1 aromatic carbocycles. The lowest BCUT2D eigenvalue weighted by molar-refractivity contribution is -0.120. The zero-order chi connectivity index (χ0) is 13.4. The summed E-state index contributed by atoms with van der Waals surface area (Å²) in [6.07, 6.45) is 1.79. The molecule has 4 heteroatoms. The predicted molar refractivity (Wildman–Crippen MR) is 73.0 cm³/mol. The summed E-state index contributed by atoms with van der Waals surface area (Å²) in [6.45, 7) is 3.11. The highest BCUT2D eigenvalue weighted by atomic mass is 16.5. The van der Waals surface area contributed by atoms with Crippen LogP contribution >= 0.6 is 0 Å². The predicted octanol–water partition coefficient (Wildman–Crippen LogP) is 1.14. The Balaban J connectivity index is 2.57. The lowest BCUT2D eigenvalue weighted by Crippen LogP contribution is -2.33. The van der Waals surface area contributed by atoms with Crippen LogP contribution < -0.4 is 15.4 Å². The molecule has 2 N–H and O–H groups in total. The Morgan fingerprint density at radius 3 is 2.78 bits per heavy atom. The lowest BCUT2D eigenvalue weighted by atomic mass is 10.1. The monoisotopic (exact) mass is 250 g/mol. The first-order chi connectivity index (χ1) is 8.71. The maximum Gasteiger partial charge on any atom is 0.233 e. The number of carbonyl (C=O) groups is 1. The molecule has 0 saturated heterocycles. The van der Waals surface area contributed by atoms with E-state index in [4.69, 9.17) is 4.74 Å². The van der Waals surface area contributed by atoms with Crippen molar-refractivity contribution < 1.29 is 9.53 Å². The van der Waals surface area contributed by atoms with Gasteiger partial charge >= 0.3 is 0 Å². The Labute approximate surface area is 109 Å². The summed E-state index contributed by atoms with van der Waals surface area (Å²) in [7, 11) is 3.43. The first kappa shape index (κ1) is 14.5. The van der Waals surface area contributed by atoms with Crippen LogP contribution in [0.25, 0.3) is 0 Å². The SMILES string of the molecule is CCc1ccc(OC)c(CCNC(=O)CNC)c1. The van der Waals surface area contributed by atoms with Crippen molar-refractivity contribution in [3.63, 3.8) is 0 Å². The first-order valence-corrected chi connectivity index (χ1v) is 6.28. The number of amides is 1. The molecule has 0 aromatic heterocycles. The van der Waals surface area contributed by atoms with Gasteiger partial charge in [0, 0.05) is 6.54 Å². The highest BCUT2D eigenvalue weighted by Crippen LogP contribution is 2.20. The molecule has 0 spiro atoms. The molecule has 0 radical (unpaired) electrons. The second-order valence-corrected chi connectivity index (χ2v) is 4.13. The van der Waals surface area contributed by atoms with Gasteiger partial charge in [-0.1, -0.05) is 19.1 Å². The summed E-state index contributed by atoms with van der Waals surface area (Å²) in [5.41, 5.74) is 2.42. The number of hydrogen-bond acceptors (Lipinski definition) is 3. The average Bonchev–Trinajstić information content (AvgIpc) is 2.39. The Hall–Kier alpha value is -1.55. The van der Waals surface area contributed by atoms with Crippen LogP contribution in [-0.4, -0.2) is 33.2 Å². The molecule has 0 bridgehead atoms. The normalized spacial score (nSPS) is 10.2. The fraction of sp³-hybridized carbons (Fsp3) is 0.500. The minimum Gasteiger partial charge on any atom is -0.496 e. The smallest absolute Gasteiger partial charge is 0.233 e. The van der Waals surface area contributed by atoms with E-state index in [-0.39, 0.29) is 5.91 Å². The molecule has 0 aliphatic carbocycles. The van der Waals surface area contributed by atoms with E-state index in [2.05, 4.69) is 29.7 Å². The van der Waals surface area contributed by atoms with E-state index in [1.165, 1.54) is 5.56 Å². The van der Waals surface area contributed by atoms with Crippen molar-refractivity contribution in [3.05, 3.63) is 29.3 Å². The van der Waals surface area contributed by atoms with Gasteiger partial charge in [-0.15, -0.1) is 0 Å². The zero-order valence-corrected chi connectivity index (χ0v) is 11.4. The standard InChI is InChI=1S/C14H22N2O2/c1-4-11-5-6-13(18-3)12(9-11)7-8-16-14(17)10-15-2/h5-6,9,15H,4,7-8,10H2,1-3H3,(H,16,17). The van der Waals surface area contributed by atoms with E-state index in [0.29, 0.717) is 13.1 Å². The van der Waals surface area contributed by atoms with Crippen LogP contribution in [-0.2, 0) is 17.6 Å². The van der Waals surface area contributed by atoms with E-state index in [1.54, 1.807) is 14.2 Å². The summed E-state index contributed by atoms with van der Waals surface area (Å²) in [6, 6.07) is 6.20. The molecule has 1 amide bonds. The number of hydrogen-bond donors (Lipinski definition) is 2. The van der Waals surface area contributed by atoms with Crippen LogP contribution in [0.15, 0.2) is 18.2 Å². The Morgan fingerprint density at radius 2 is 2.17 bits per heavy atom. The van der Waals surface area contributed by atoms with Crippen LogP contribution in [0, 0.1) is 0 Å². The Bertz CT molecular complexity index is 391. The maximum atomic E-state index is 11.3. The highest BCUT2D eigenvalue weighted by Gasteiger charge is 2.05. The topological polar surface area (TPSA) is 50.4 Å². The van der Waals surface area contributed by atoms with Crippen molar-refractivity contribution in [1.82, 2.24) is 10.6 Å².